The Balaban J connectivity index is 1.67. The van der Waals surface area contributed by atoms with Crippen LogP contribution < -0.4 is 21.3 Å². The molecule has 3 heterocycles. The van der Waals surface area contributed by atoms with Crippen LogP contribution in [0.15, 0.2) is 36.4 Å². The maximum Gasteiger partial charge on any atom is 0.250 e. The number of aryl methyl sites for hydroxylation is 1. The fourth-order valence-electron chi connectivity index (χ4n) is 5.56. The van der Waals surface area contributed by atoms with Gasteiger partial charge in [0.05, 0.1) is 23.2 Å². The molecule has 4 N–H and O–H groups in total. The summed E-state index contributed by atoms with van der Waals surface area (Å²) in [5.41, 5.74) is 7.11. The lowest BCUT2D eigenvalue weighted by Gasteiger charge is -2.29. The summed E-state index contributed by atoms with van der Waals surface area (Å²) in [4.78, 5) is 53.7. The zero-order chi connectivity index (χ0) is 23.7. The van der Waals surface area contributed by atoms with Gasteiger partial charge in [-0.25, -0.2) is 4.90 Å². The van der Waals surface area contributed by atoms with Gasteiger partial charge in [0, 0.05) is 23.0 Å². The number of carbonyl (C=O) groups is 4. The first-order valence-corrected chi connectivity index (χ1v) is 11.2. The van der Waals surface area contributed by atoms with E-state index >= 15 is 0 Å². The Hall–Kier alpha value is -3.23. The number of benzene rings is 2. The predicted octanol–water partition coefficient (Wildman–Crippen LogP) is 2.15. The van der Waals surface area contributed by atoms with Crippen molar-refractivity contribution in [2.75, 3.05) is 10.2 Å². The molecule has 9 heteroatoms. The number of nitrogens with two attached hydrogens (primary N) is 1. The van der Waals surface area contributed by atoms with Crippen LogP contribution >= 0.6 is 11.6 Å². The standard InChI is InChI=1S/C24H23ClN4O4/c1-11-4-3-5-13(10-11)29-21(31)18-16(8-9-17(26)30)28-24(19(18)22(29)32)14-6-7-15(25)12(2)20(14)27-23(24)33/h3-7,10,16,18-19,28H,8-9H2,1-2H3,(H2,26,30)(H,27,33)/t16-,18-,19-,24-/m0/s1. The molecular formula is C24H23ClN4O4. The predicted molar refractivity (Wildman–Crippen MR) is 123 cm³/mol. The smallest absolute Gasteiger partial charge is 0.250 e. The first kappa shape index (κ1) is 21.6. The van der Waals surface area contributed by atoms with E-state index in [0.29, 0.717) is 27.5 Å². The van der Waals surface area contributed by atoms with E-state index in [2.05, 4.69) is 10.6 Å². The van der Waals surface area contributed by atoms with E-state index in [4.69, 9.17) is 17.3 Å². The summed E-state index contributed by atoms with van der Waals surface area (Å²) >= 11 is 6.28. The summed E-state index contributed by atoms with van der Waals surface area (Å²) in [5.74, 6) is -3.54. The summed E-state index contributed by atoms with van der Waals surface area (Å²) in [5, 5.41) is 6.65. The molecule has 33 heavy (non-hydrogen) atoms. The Bertz CT molecular complexity index is 1240. The first-order valence-electron chi connectivity index (χ1n) is 10.8. The number of anilines is 2. The Morgan fingerprint density at radius 1 is 1.15 bits per heavy atom. The monoisotopic (exact) mass is 466 g/mol. The van der Waals surface area contributed by atoms with Crippen LogP contribution in [0.1, 0.15) is 29.5 Å². The van der Waals surface area contributed by atoms with Gasteiger partial charge in [0.25, 0.3) is 0 Å². The van der Waals surface area contributed by atoms with E-state index in [0.717, 1.165) is 5.56 Å². The molecular weight excluding hydrogens is 444 g/mol. The van der Waals surface area contributed by atoms with Gasteiger partial charge in [-0.15, -0.1) is 0 Å². The number of nitrogens with one attached hydrogen (secondary N) is 2. The normalized spacial score (nSPS) is 27.8. The van der Waals surface area contributed by atoms with Crippen molar-refractivity contribution in [3.63, 3.8) is 0 Å². The molecule has 0 unspecified atom stereocenters. The molecule has 3 aliphatic heterocycles. The molecule has 0 radical (unpaired) electrons. The van der Waals surface area contributed by atoms with Crippen LogP contribution in [-0.2, 0) is 24.7 Å². The Labute approximate surface area is 195 Å². The van der Waals surface area contributed by atoms with E-state index in [1.54, 1.807) is 37.3 Å². The van der Waals surface area contributed by atoms with Crippen molar-refractivity contribution in [1.29, 1.82) is 0 Å². The molecule has 0 aliphatic carbocycles. The van der Waals surface area contributed by atoms with Crippen molar-refractivity contribution >= 4 is 46.6 Å². The number of halogens is 1. The van der Waals surface area contributed by atoms with E-state index < -0.39 is 41.1 Å². The van der Waals surface area contributed by atoms with E-state index in [9.17, 15) is 19.2 Å². The maximum atomic E-state index is 13.8. The highest BCUT2D eigenvalue weighted by Gasteiger charge is 2.70. The minimum absolute atomic E-state index is 0.0248. The molecule has 0 bridgehead atoms. The number of amides is 4. The van der Waals surface area contributed by atoms with Crippen molar-refractivity contribution in [2.24, 2.45) is 17.6 Å². The van der Waals surface area contributed by atoms with Crippen LogP contribution in [0.2, 0.25) is 5.02 Å². The van der Waals surface area contributed by atoms with Gasteiger partial charge >= 0.3 is 0 Å². The molecule has 4 atom stereocenters. The van der Waals surface area contributed by atoms with Gasteiger partial charge in [0.15, 0.2) is 0 Å². The lowest BCUT2D eigenvalue weighted by molar-refractivity contribution is -0.130. The summed E-state index contributed by atoms with van der Waals surface area (Å²) in [6.07, 6.45) is 0.255. The summed E-state index contributed by atoms with van der Waals surface area (Å²) < 4.78 is 0. The number of carbonyl (C=O) groups excluding carboxylic acids is 4. The molecule has 0 saturated carbocycles. The topological polar surface area (TPSA) is 122 Å². The molecule has 3 aliphatic rings. The number of primary amides is 1. The minimum atomic E-state index is -1.44. The van der Waals surface area contributed by atoms with Gasteiger partial charge in [-0.3, -0.25) is 24.5 Å². The molecule has 1 spiro atoms. The lowest BCUT2D eigenvalue weighted by atomic mass is 9.76. The molecule has 2 saturated heterocycles. The average molecular weight is 467 g/mol. The van der Waals surface area contributed by atoms with Crippen LogP contribution in [0.5, 0.6) is 0 Å². The quantitative estimate of drug-likeness (QED) is 0.596. The highest BCUT2D eigenvalue weighted by molar-refractivity contribution is 6.32. The number of hydrogen-bond donors (Lipinski definition) is 3. The van der Waals surface area contributed by atoms with E-state index in [1.165, 1.54) is 4.90 Å². The molecule has 170 valence electrons. The fraction of sp³-hybridized carbons (Fsp3) is 0.333. The van der Waals surface area contributed by atoms with Crippen molar-refractivity contribution in [3.05, 3.63) is 58.1 Å². The van der Waals surface area contributed by atoms with Crippen molar-refractivity contribution in [2.45, 2.75) is 38.3 Å². The van der Waals surface area contributed by atoms with Gasteiger partial charge in [-0.1, -0.05) is 29.8 Å². The summed E-state index contributed by atoms with van der Waals surface area (Å²) in [7, 11) is 0. The second-order valence-electron chi connectivity index (χ2n) is 8.97. The van der Waals surface area contributed by atoms with E-state index in [-0.39, 0.29) is 18.7 Å². The molecule has 4 amide bonds. The van der Waals surface area contributed by atoms with Gasteiger partial charge in [0.2, 0.25) is 23.6 Å². The summed E-state index contributed by atoms with van der Waals surface area (Å²) in [6.45, 7) is 3.67. The number of fused-ring (bicyclic) bond motifs is 4. The minimum Gasteiger partial charge on any atom is -0.370 e. The molecule has 2 fully saturated rings. The van der Waals surface area contributed by atoms with Crippen LogP contribution in [0.4, 0.5) is 11.4 Å². The van der Waals surface area contributed by atoms with Crippen LogP contribution in [0.3, 0.4) is 0 Å². The average Bonchev–Trinajstić information content (AvgIpc) is 3.34. The Morgan fingerprint density at radius 2 is 1.91 bits per heavy atom. The third-order valence-electron chi connectivity index (χ3n) is 7.05. The second-order valence-corrected chi connectivity index (χ2v) is 9.37. The second kappa shape index (κ2) is 7.40. The molecule has 2 aromatic carbocycles. The number of imide groups is 1. The number of hydrogen-bond acceptors (Lipinski definition) is 5. The summed E-state index contributed by atoms with van der Waals surface area (Å²) in [6, 6.07) is 9.95. The first-order chi connectivity index (χ1) is 15.7. The zero-order valence-electron chi connectivity index (χ0n) is 18.1. The highest BCUT2D eigenvalue weighted by atomic mass is 35.5. The molecule has 2 aromatic rings. The van der Waals surface area contributed by atoms with Gasteiger partial charge in [0.1, 0.15) is 5.54 Å². The maximum absolute atomic E-state index is 13.8. The number of nitrogens with zero attached hydrogens (tertiary/aromatic N) is 1. The van der Waals surface area contributed by atoms with Crippen LogP contribution in [0, 0.1) is 25.7 Å². The van der Waals surface area contributed by atoms with Crippen LogP contribution in [-0.4, -0.2) is 29.7 Å². The third kappa shape index (κ3) is 2.94. The van der Waals surface area contributed by atoms with Gasteiger partial charge in [-0.2, -0.15) is 0 Å². The molecule has 8 nitrogen and oxygen atoms in total. The fourth-order valence-corrected chi connectivity index (χ4v) is 5.71. The van der Waals surface area contributed by atoms with Crippen molar-refractivity contribution < 1.29 is 19.2 Å². The van der Waals surface area contributed by atoms with Crippen LogP contribution in [0.25, 0.3) is 0 Å². The van der Waals surface area contributed by atoms with Gasteiger partial charge < -0.3 is 11.1 Å². The Morgan fingerprint density at radius 3 is 2.61 bits per heavy atom. The zero-order valence-corrected chi connectivity index (χ0v) is 18.9. The third-order valence-corrected chi connectivity index (χ3v) is 7.46. The van der Waals surface area contributed by atoms with Crippen molar-refractivity contribution in [1.82, 2.24) is 5.32 Å². The van der Waals surface area contributed by atoms with Gasteiger partial charge in [-0.05, 0) is 49.6 Å². The highest BCUT2D eigenvalue weighted by Crippen LogP contribution is 2.55. The van der Waals surface area contributed by atoms with E-state index in [1.807, 2.05) is 13.0 Å². The lowest BCUT2D eigenvalue weighted by Crippen LogP contribution is -2.53. The molecule has 5 rings (SSSR count). The Kier molecular flexibility index (Phi) is 4.84. The largest absolute Gasteiger partial charge is 0.370 e. The number of rotatable bonds is 4. The van der Waals surface area contributed by atoms with Crippen molar-refractivity contribution in [3.8, 4) is 0 Å². The molecule has 0 aromatic heterocycles. The SMILES string of the molecule is Cc1cccc(N2C(=O)[C@H]3[C@H](CCC(N)=O)N[C@]4(C(=O)Nc5c4ccc(Cl)c5C)[C@@H]3C2=O)c1.